The van der Waals surface area contributed by atoms with Crippen molar-refractivity contribution in [2.45, 2.75) is 12.5 Å². The molecule has 1 rings (SSSR count). The van der Waals surface area contributed by atoms with Crippen LogP contribution in [0.1, 0.15) is 5.56 Å². The lowest BCUT2D eigenvalue weighted by molar-refractivity contribution is 0.626. The van der Waals surface area contributed by atoms with Crippen molar-refractivity contribution in [1.82, 2.24) is 0 Å². The van der Waals surface area contributed by atoms with Crippen molar-refractivity contribution >= 4 is 10.2 Å². The van der Waals surface area contributed by atoms with Gasteiger partial charge in [-0.15, -0.1) is 0 Å². The molecule has 0 bridgehead atoms. The summed E-state index contributed by atoms with van der Waals surface area (Å²) >= 11 is 0. The molecule has 1 aromatic rings. The van der Waals surface area contributed by atoms with Crippen LogP contribution < -0.4 is 0 Å². The van der Waals surface area contributed by atoms with Crippen LogP contribution in [0.5, 0.6) is 0 Å². The third-order valence-electron chi connectivity index (χ3n) is 1.43. The summed E-state index contributed by atoms with van der Waals surface area (Å²) in [5.74, 6) is -0.118. The molecule has 10 heavy (non-hydrogen) atoms. The molecule has 0 N–H and O–H groups in total. The Bertz CT molecular complexity index is 210. The minimum absolute atomic E-state index is 0.118. The monoisotopic (exact) mass is 154 g/mol. The van der Waals surface area contributed by atoms with Gasteiger partial charge in [-0.2, -0.15) is 0 Å². The van der Waals surface area contributed by atoms with Gasteiger partial charge in [0.25, 0.3) is 0 Å². The molecule has 0 aliphatic rings. The zero-order valence-corrected chi connectivity index (χ0v) is 8.10. The van der Waals surface area contributed by atoms with E-state index in [4.69, 9.17) is 0 Å². The first-order valence-corrected chi connectivity index (χ1v) is 4.99. The molecule has 0 saturated carbocycles. The molecule has 1 aromatic carbocycles. The van der Waals surface area contributed by atoms with Gasteiger partial charge >= 0.3 is 0 Å². The lowest BCUT2D eigenvalue weighted by Crippen LogP contribution is -1.84. The Labute approximate surface area is 63.5 Å². The second-order valence-corrected chi connectivity index (χ2v) is 3.38. The Morgan fingerprint density at radius 1 is 1.40 bits per heavy atom. The van der Waals surface area contributed by atoms with Gasteiger partial charge < -0.3 is 0 Å². The van der Waals surface area contributed by atoms with Gasteiger partial charge in [-0.05, 0) is 24.1 Å². The minimum Gasteiger partial charge on any atom is -0.207 e. The highest BCUT2D eigenvalue weighted by Crippen LogP contribution is 2.04. The molecule has 0 spiro atoms. The lowest BCUT2D eigenvalue weighted by atomic mass is 10.2. The van der Waals surface area contributed by atoms with Crippen molar-refractivity contribution in [2.75, 3.05) is 0 Å². The Hall–Kier alpha value is -0.633. The fraction of sp³-hybridized carbons (Fsp3) is 0.250. The summed E-state index contributed by atoms with van der Waals surface area (Å²) < 4.78 is 12.5. The van der Waals surface area contributed by atoms with Crippen LogP contribution in [0.25, 0.3) is 0 Å². The number of aryl methyl sites for hydroxylation is 1. The molecular formula is C8H11FSi. The van der Waals surface area contributed by atoms with Crippen LogP contribution in [-0.4, -0.2) is 10.2 Å². The maximum absolute atomic E-state index is 12.5. The van der Waals surface area contributed by atoms with Gasteiger partial charge in [-0.3, -0.25) is 0 Å². The Balaban J connectivity index is 2.75. The Morgan fingerprint density at radius 3 is 2.80 bits per heavy atom. The Morgan fingerprint density at radius 2 is 2.20 bits per heavy atom. The maximum atomic E-state index is 12.5. The van der Waals surface area contributed by atoms with Crippen LogP contribution >= 0.6 is 0 Å². The highest BCUT2D eigenvalue weighted by molar-refractivity contribution is 6.08. The molecule has 0 heterocycles. The van der Waals surface area contributed by atoms with Crippen molar-refractivity contribution in [3.63, 3.8) is 0 Å². The molecule has 0 unspecified atom stereocenters. The number of hydrogen-bond donors (Lipinski definition) is 0. The first-order chi connectivity index (χ1) is 4.83. The number of halogens is 1. The summed E-state index contributed by atoms with van der Waals surface area (Å²) in [5.41, 5.74) is 1.12. The summed E-state index contributed by atoms with van der Waals surface area (Å²) in [6.45, 7) is 0. The van der Waals surface area contributed by atoms with Crippen LogP contribution in [0.3, 0.4) is 0 Å². The standard InChI is InChI=1S/C8H11FSi/c9-8-3-1-2-7(6-8)4-5-10/h1-3,6H,4-5H2,10H3. The lowest BCUT2D eigenvalue weighted by Gasteiger charge is -1.95. The van der Waals surface area contributed by atoms with Crippen LogP contribution in [-0.2, 0) is 6.42 Å². The van der Waals surface area contributed by atoms with E-state index >= 15 is 0 Å². The van der Waals surface area contributed by atoms with Gasteiger partial charge in [0.2, 0.25) is 0 Å². The number of benzene rings is 1. The predicted molar refractivity (Wildman–Crippen MR) is 44.9 cm³/mol. The van der Waals surface area contributed by atoms with Gasteiger partial charge in [0, 0.05) is 10.2 Å². The van der Waals surface area contributed by atoms with E-state index in [-0.39, 0.29) is 5.82 Å². The minimum atomic E-state index is -0.118. The Kier molecular flexibility index (Phi) is 2.63. The average molecular weight is 154 g/mol. The molecular weight excluding hydrogens is 143 g/mol. The molecule has 0 radical (unpaired) electrons. The van der Waals surface area contributed by atoms with E-state index in [1.807, 2.05) is 6.07 Å². The van der Waals surface area contributed by atoms with Crippen molar-refractivity contribution < 1.29 is 4.39 Å². The molecule has 54 valence electrons. The third-order valence-corrected chi connectivity index (χ3v) is 1.93. The molecule has 0 nitrogen and oxygen atoms in total. The van der Waals surface area contributed by atoms with E-state index in [1.54, 1.807) is 12.1 Å². The highest BCUT2D eigenvalue weighted by atomic mass is 28.1. The van der Waals surface area contributed by atoms with Crippen molar-refractivity contribution in [3.05, 3.63) is 35.6 Å². The van der Waals surface area contributed by atoms with Gasteiger partial charge in [0.1, 0.15) is 5.82 Å². The second kappa shape index (κ2) is 3.51. The SMILES string of the molecule is Fc1cccc(CC[SiH3])c1. The smallest absolute Gasteiger partial charge is 0.123 e. The van der Waals surface area contributed by atoms with E-state index in [0.29, 0.717) is 0 Å². The van der Waals surface area contributed by atoms with E-state index in [9.17, 15) is 4.39 Å². The molecule has 0 saturated heterocycles. The van der Waals surface area contributed by atoms with E-state index in [1.165, 1.54) is 22.4 Å². The largest absolute Gasteiger partial charge is 0.207 e. The van der Waals surface area contributed by atoms with Gasteiger partial charge in [0.05, 0.1) is 0 Å². The van der Waals surface area contributed by atoms with Crippen LogP contribution in [0.15, 0.2) is 24.3 Å². The highest BCUT2D eigenvalue weighted by Gasteiger charge is 1.91. The third kappa shape index (κ3) is 1.95. The summed E-state index contributed by atoms with van der Waals surface area (Å²) in [5, 5.41) is 0. The van der Waals surface area contributed by atoms with Crippen molar-refractivity contribution in [1.29, 1.82) is 0 Å². The molecule has 0 aromatic heterocycles. The van der Waals surface area contributed by atoms with E-state index < -0.39 is 0 Å². The molecule has 0 atom stereocenters. The normalized spacial score (nSPS) is 10.1. The van der Waals surface area contributed by atoms with Gasteiger partial charge in [-0.1, -0.05) is 18.2 Å². The van der Waals surface area contributed by atoms with Gasteiger partial charge in [-0.25, -0.2) is 4.39 Å². The first-order valence-electron chi connectivity index (χ1n) is 3.57. The second-order valence-electron chi connectivity index (χ2n) is 2.38. The van der Waals surface area contributed by atoms with Crippen molar-refractivity contribution in [3.8, 4) is 0 Å². The fourth-order valence-electron chi connectivity index (χ4n) is 0.981. The summed E-state index contributed by atoms with van der Waals surface area (Å²) in [6, 6.07) is 8.04. The predicted octanol–water partition coefficient (Wildman–Crippen LogP) is 1.15. The van der Waals surface area contributed by atoms with Gasteiger partial charge in [0.15, 0.2) is 0 Å². The first kappa shape index (κ1) is 7.47. The molecule has 0 aliphatic heterocycles. The maximum Gasteiger partial charge on any atom is 0.123 e. The fourth-order valence-corrected chi connectivity index (χ4v) is 1.56. The summed E-state index contributed by atoms with van der Waals surface area (Å²) in [7, 11) is 1.20. The topological polar surface area (TPSA) is 0 Å². The molecule has 0 aliphatic carbocycles. The van der Waals surface area contributed by atoms with E-state index in [0.717, 1.165) is 12.0 Å². The van der Waals surface area contributed by atoms with E-state index in [2.05, 4.69) is 0 Å². The van der Waals surface area contributed by atoms with Crippen LogP contribution in [0, 0.1) is 5.82 Å². The summed E-state index contributed by atoms with van der Waals surface area (Å²) in [4.78, 5) is 0. The van der Waals surface area contributed by atoms with Crippen molar-refractivity contribution in [2.24, 2.45) is 0 Å². The average Bonchev–Trinajstić information content (AvgIpc) is 1.88. The molecule has 2 heteroatoms. The molecule has 0 fully saturated rings. The zero-order chi connectivity index (χ0) is 7.40. The summed E-state index contributed by atoms with van der Waals surface area (Å²) in [6.07, 6.45) is 1.03. The van der Waals surface area contributed by atoms with Crippen LogP contribution in [0.2, 0.25) is 6.04 Å². The van der Waals surface area contributed by atoms with Crippen LogP contribution in [0.4, 0.5) is 4.39 Å². The number of hydrogen-bond acceptors (Lipinski definition) is 0. The number of rotatable bonds is 2. The zero-order valence-electron chi connectivity index (χ0n) is 6.10. The molecule has 0 amide bonds. The quantitative estimate of drug-likeness (QED) is 0.561.